The number of anilines is 2. The Hall–Kier alpha value is -1.26. The summed E-state index contributed by atoms with van der Waals surface area (Å²) in [7, 11) is 1.95. The van der Waals surface area contributed by atoms with E-state index in [-0.39, 0.29) is 11.9 Å². The van der Waals surface area contributed by atoms with Gasteiger partial charge in [0.25, 0.3) is 0 Å². The van der Waals surface area contributed by atoms with Crippen molar-refractivity contribution in [3.8, 4) is 0 Å². The van der Waals surface area contributed by atoms with Crippen LogP contribution in [0.15, 0.2) is 18.2 Å². The van der Waals surface area contributed by atoms with Crippen molar-refractivity contribution < 1.29 is 4.79 Å². The molecule has 1 aromatic rings. The number of nitrogen functional groups attached to an aromatic ring is 1. The maximum atomic E-state index is 12.2. The van der Waals surface area contributed by atoms with Crippen LogP contribution in [0.4, 0.5) is 11.4 Å². The third-order valence-electron chi connectivity index (χ3n) is 3.55. The largest absolute Gasteiger partial charge is 0.397 e. The molecule has 0 radical (unpaired) electrons. The molecule has 0 fully saturated rings. The molecule has 3 N–H and O–H groups in total. The maximum absolute atomic E-state index is 12.2. The van der Waals surface area contributed by atoms with Crippen LogP contribution in [0.1, 0.15) is 27.2 Å². The Bertz CT molecular complexity index is 450. The summed E-state index contributed by atoms with van der Waals surface area (Å²) in [5.41, 5.74) is 6.89. The van der Waals surface area contributed by atoms with Crippen molar-refractivity contribution in [3.05, 3.63) is 23.2 Å². The quantitative estimate of drug-likeness (QED) is 0.817. The fourth-order valence-corrected chi connectivity index (χ4v) is 1.92. The second-order valence-electron chi connectivity index (χ2n) is 4.82. The Kier molecular flexibility index (Phi) is 5.63. The first-order chi connectivity index (χ1) is 8.86. The number of benzene rings is 1. The van der Waals surface area contributed by atoms with E-state index in [0.29, 0.717) is 22.4 Å². The fraction of sp³-hybridized carbons (Fsp3) is 0.500. The van der Waals surface area contributed by atoms with E-state index in [0.717, 1.165) is 6.42 Å². The van der Waals surface area contributed by atoms with E-state index in [4.69, 9.17) is 17.3 Å². The highest BCUT2D eigenvalue weighted by molar-refractivity contribution is 6.31. The number of carbonyl (C=O) groups excluding carboxylic acids is 1. The van der Waals surface area contributed by atoms with Gasteiger partial charge in [0.15, 0.2) is 0 Å². The van der Waals surface area contributed by atoms with Crippen LogP contribution < -0.4 is 11.1 Å². The minimum atomic E-state index is -0.218. The zero-order valence-corrected chi connectivity index (χ0v) is 12.7. The molecule has 4 nitrogen and oxygen atoms in total. The molecule has 0 aromatic heterocycles. The molecule has 19 heavy (non-hydrogen) atoms. The lowest BCUT2D eigenvalue weighted by atomic mass is 10.1. The number of hydrogen-bond acceptors (Lipinski definition) is 3. The first-order valence-corrected chi connectivity index (χ1v) is 6.82. The first-order valence-electron chi connectivity index (χ1n) is 6.44. The van der Waals surface area contributed by atoms with Crippen LogP contribution in [0.25, 0.3) is 0 Å². The molecule has 0 aliphatic heterocycles. The average molecular weight is 284 g/mol. The highest BCUT2D eigenvalue weighted by Gasteiger charge is 2.21. The molecule has 5 heteroatoms. The van der Waals surface area contributed by atoms with Gasteiger partial charge in [-0.2, -0.15) is 0 Å². The maximum Gasteiger partial charge on any atom is 0.241 e. The van der Waals surface area contributed by atoms with E-state index >= 15 is 0 Å². The Labute approximate surface area is 119 Å². The van der Waals surface area contributed by atoms with Gasteiger partial charge in [-0.3, -0.25) is 9.69 Å². The summed E-state index contributed by atoms with van der Waals surface area (Å²) in [5, 5.41) is 3.39. The molecular weight excluding hydrogens is 262 g/mol. The number of likely N-dealkylation sites (N-methyl/N-ethyl adjacent to an activating group) is 1. The minimum Gasteiger partial charge on any atom is -0.397 e. The standard InChI is InChI=1S/C14H22ClN3O/c1-5-9(2)18(4)10(3)14(19)17-13-7-6-11(15)8-12(13)16/h6-10H,5,16H2,1-4H3,(H,17,19). The third-order valence-corrected chi connectivity index (χ3v) is 3.78. The number of nitrogens with one attached hydrogen (secondary N) is 1. The second-order valence-corrected chi connectivity index (χ2v) is 5.26. The second kappa shape index (κ2) is 6.78. The van der Waals surface area contributed by atoms with Gasteiger partial charge in [-0.1, -0.05) is 18.5 Å². The van der Waals surface area contributed by atoms with Gasteiger partial charge in [-0.05, 0) is 45.5 Å². The highest BCUT2D eigenvalue weighted by Crippen LogP contribution is 2.23. The lowest BCUT2D eigenvalue weighted by molar-refractivity contribution is -0.120. The molecule has 0 aliphatic carbocycles. The van der Waals surface area contributed by atoms with Gasteiger partial charge in [-0.15, -0.1) is 0 Å². The number of carbonyl (C=O) groups is 1. The Morgan fingerprint density at radius 3 is 2.63 bits per heavy atom. The van der Waals surface area contributed by atoms with Crippen molar-refractivity contribution in [2.75, 3.05) is 18.1 Å². The molecule has 2 unspecified atom stereocenters. The predicted molar refractivity (Wildman–Crippen MR) is 81.5 cm³/mol. The van der Waals surface area contributed by atoms with Crippen LogP contribution in [0.3, 0.4) is 0 Å². The predicted octanol–water partition coefficient (Wildman–Crippen LogP) is 2.98. The molecular formula is C14H22ClN3O. The topological polar surface area (TPSA) is 58.4 Å². The summed E-state index contributed by atoms with van der Waals surface area (Å²) < 4.78 is 0. The smallest absolute Gasteiger partial charge is 0.241 e. The van der Waals surface area contributed by atoms with E-state index in [9.17, 15) is 4.79 Å². The van der Waals surface area contributed by atoms with Crippen LogP contribution in [0.2, 0.25) is 5.02 Å². The van der Waals surface area contributed by atoms with Gasteiger partial charge in [0.05, 0.1) is 17.4 Å². The average Bonchev–Trinajstić information content (AvgIpc) is 2.39. The van der Waals surface area contributed by atoms with Crippen LogP contribution in [0, 0.1) is 0 Å². The highest BCUT2D eigenvalue weighted by atomic mass is 35.5. The normalized spacial score (nSPS) is 14.2. The Morgan fingerprint density at radius 1 is 1.47 bits per heavy atom. The molecule has 0 aliphatic rings. The summed E-state index contributed by atoms with van der Waals surface area (Å²) in [5.74, 6) is -0.0724. The first kappa shape index (κ1) is 15.8. The summed E-state index contributed by atoms with van der Waals surface area (Å²) >= 11 is 5.83. The van der Waals surface area contributed by atoms with Gasteiger partial charge in [-0.25, -0.2) is 0 Å². The van der Waals surface area contributed by atoms with Crippen LogP contribution >= 0.6 is 11.6 Å². The molecule has 0 spiro atoms. The van der Waals surface area contributed by atoms with Crippen LogP contribution in [0.5, 0.6) is 0 Å². The van der Waals surface area contributed by atoms with E-state index < -0.39 is 0 Å². The van der Waals surface area contributed by atoms with Gasteiger partial charge >= 0.3 is 0 Å². The third kappa shape index (κ3) is 4.11. The lowest BCUT2D eigenvalue weighted by Gasteiger charge is -2.29. The molecule has 0 saturated carbocycles. The Balaban J connectivity index is 2.74. The number of nitrogens with zero attached hydrogens (tertiary/aromatic N) is 1. The molecule has 0 saturated heterocycles. The lowest BCUT2D eigenvalue weighted by Crippen LogP contribution is -2.44. The van der Waals surface area contributed by atoms with Crippen molar-refractivity contribution in [2.45, 2.75) is 39.3 Å². The van der Waals surface area contributed by atoms with E-state index in [1.807, 2.05) is 18.9 Å². The summed E-state index contributed by atoms with van der Waals surface area (Å²) in [6, 6.07) is 5.18. The van der Waals surface area contributed by atoms with Gasteiger partial charge in [0.2, 0.25) is 5.91 Å². The van der Waals surface area contributed by atoms with Crippen molar-refractivity contribution >= 4 is 28.9 Å². The molecule has 0 heterocycles. The van der Waals surface area contributed by atoms with Gasteiger partial charge in [0, 0.05) is 11.1 Å². The van der Waals surface area contributed by atoms with Gasteiger partial charge in [0.1, 0.15) is 0 Å². The molecule has 106 valence electrons. The number of hydrogen-bond donors (Lipinski definition) is 2. The van der Waals surface area contributed by atoms with E-state index in [1.54, 1.807) is 18.2 Å². The zero-order chi connectivity index (χ0) is 14.6. The summed E-state index contributed by atoms with van der Waals surface area (Å²) in [4.78, 5) is 14.2. The van der Waals surface area contributed by atoms with Crippen molar-refractivity contribution in [3.63, 3.8) is 0 Å². The van der Waals surface area contributed by atoms with Crippen molar-refractivity contribution in [1.29, 1.82) is 0 Å². The number of rotatable bonds is 5. The number of halogens is 1. The molecule has 1 aromatic carbocycles. The molecule has 2 atom stereocenters. The van der Waals surface area contributed by atoms with E-state index in [2.05, 4.69) is 19.2 Å². The molecule has 0 bridgehead atoms. The van der Waals surface area contributed by atoms with Crippen LogP contribution in [-0.2, 0) is 4.79 Å². The monoisotopic (exact) mass is 283 g/mol. The van der Waals surface area contributed by atoms with Crippen molar-refractivity contribution in [1.82, 2.24) is 4.90 Å². The summed E-state index contributed by atoms with van der Waals surface area (Å²) in [6.45, 7) is 6.08. The van der Waals surface area contributed by atoms with E-state index in [1.165, 1.54) is 0 Å². The molecule has 1 rings (SSSR count). The van der Waals surface area contributed by atoms with Crippen LogP contribution in [-0.4, -0.2) is 29.9 Å². The van der Waals surface area contributed by atoms with Crippen molar-refractivity contribution in [2.24, 2.45) is 0 Å². The zero-order valence-electron chi connectivity index (χ0n) is 11.9. The fourth-order valence-electron chi connectivity index (χ4n) is 1.74. The van der Waals surface area contributed by atoms with Gasteiger partial charge < -0.3 is 11.1 Å². The number of nitrogens with two attached hydrogens (primary N) is 1. The number of amides is 1. The molecule has 1 amide bonds. The summed E-state index contributed by atoms with van der Waals surface area (Å²) in [6.07, 6.45) is 0.997. The SMILES string of the molecule is CCC(C)N(C)C(C)C(=O)Nc1ccc(Cl)cc1N. The Morgan fingerprint density at radius 2 is 2.11 bits per heavy atom. The minimum absolute atomic E-state index is 0.0724.